The molecule has 0 saturated carbocycles. The number of carbonyl (C=O) groups excluding carboxylic acids is 1. The van der Waals surface area contributed by atoms with Gasteiger partial charge in [0.2, 0.25) is 0 Å². The number of carbonyl (C=O) groups is 1. The van der Waals surface area contributed by atoms with Crippen LogP contribution in [0.25, 0.3) is 10.9 Å². The second-order valence-electron chi connectivity index (χ2n) is 4.31. The third-order valence-corrected chi connectivity index (χ3v) is 3.10. The first-order chi connectivity index (χ1) is 9.08. The van der Waals surface area contributed by atoms with Gasteiger partial charge in [0.25, 0.3) is 0 Å². The molecule has 1 unspecified atom stereocenters. The Morgan fingerprint density at radius 3 is 2.84 bits per heavy atom. The van der Waals surface area contributed by atoms with Crippen molar-refractivity contribution in [1.82, 2.24) is 4.57 Å². The minimum atomic E-state index is -0.767. The Morgan fingerprint density at radius 1 is 1.47 bits per heavy atom. The van der Waals surface area contributed by atoms with E-state index in [9.17, 15) is 4.79 Å². The lowest BCUT2D eigenvalue weighted by Gasteiger charge is -2.09. The van der Waals surface area contributed by atoms with Gasteiger partial charge in [-0.1, -0.05) is 0 Å². The quantitative estimate of drug-likeness (QED) is 0.852. The molecule has 1 heterocycles. The predicted octanol–water partition coefficient (Wildman–Crippen LogP) is 1.75. The largest absolute Gasteiger partial charge is 0.497 e. The van der Waals surface area contributed by atoms with Gasteiger partial charge in [0.05, 0.1) is 19.2 Å². The fraction of sp³-hybridized carbons (Fsp3) is 0.357. The predicted molar refractivity (Wildman–Crippen MR) is 73.0 cm³/mol. The fourth-order valence-corrected chi connectivity index (χ4v) is 2.13. The highest BCUT2D eigenvalue weighted by Crippen LogP contribution is 2.28. The molecule has 2 N–H and O–H groups in total. The first kappa shape index (κ1) is 13.4. The van der Waals surface area contributed by atoms with Crippen LogP contribution in [0.1, 0.15) is 18.5 Å². The molecule has 1 atom stereocenters. The minimum absolute atomic E-state index is 0.325. The van der Waals surface area contributed by atoms with E-state index >= 15 is 0 Å². The Bertz CT molecular complexity index is 604. The molecule has 0 bridgehead atoms. The average Bonchev–Trinajstić information content (AvgIpc) is 2.75. The van der Waals surface area contributed by atoms with Crippen LogP contribution in [0.3, 0.4) is 0 Å². The second kappa shape index (κ2) is 5.32. The summed E-state index contributed by atoms with van der Waals surface area (Å²) in [6, 6.07) is 4.90. The highest BCUT2D eigenvalue weighted by Gasteiger charge is 2.21. The number of nitrogens with two attached hydrogens (primary N) is 1. The number of rotatable bonds is 4. The van der Waals surface area contributed by atoms with Crippen LogP contribution >= 0.6 is 0 Å². The number of esters is 1. The van der Waals surface area contributed by atoms with Gasteiger partial charge in [0, 0.05) is 30.3 Å². The summed E-state index contributed by atoms with van der Waals surface area (Å²) in [7, 11) is 3.53. The molecule has 1 aromatic heterocycles. The average molecular weight is 262 g/mol. The number of aromatic nitrogens is 1. The molecule has 2 aromatic rings. The first-order valence-corrected chi connectivity index (χ1v) is 6.13. The first-order valence-electron chi connectivity index (χ1n) is 6.13. The summed E-state index contributed by atoms with van der Waals surface area (Å²) in [5.41, 5.74) is 7.68. The molecule has 2 rings (SSSR count). The van der Waals surface area contributed by atoms with E-state index in [1.807, 2.05) is 36.0 Å². The van der Waals surface area contributed by atoms with E-state index in [0.29, 0.717) is 6.61 Å². The van der Waals surface area contributed by atoms with Crippen molar-refractivity contribution in [2.75, 3.05) is 13.7 Å². The summed E-state index contributed by atoms with van der Waals surface area (Å²) < 4.78 is 12.1. The molecular weight excluding hydrogens is 244 g/mol. The van der Waals surface area contributed by atoms with Crippen molar-refractivity contribution < 1.29 is 14.3 Å². The molecule has 0 radical (unpaired) electrons. The summed E-state index contributed by atoms with van der Waals surface area (Å²) in [5.74, 6) is 0.357. The number of hydrogen-bond donors (Lipinski definition) is 1. The Hall–Kier alpha value is -2.01. The molecule has 1 aromatic carbocycles. The van der Waals surface area contributed by atoms with Gasteiger partial charge in [-0.25, -0.2) is 4.79 Å². The van der Waals surface area contributed by atoms with E-state index in [4.69, 9.17) is 15.2 Å². The monoisotopic (exact) mass is 262 g/mol. The van der Waals surface area contributed by atoms with Gasteiger partial charge in [-0.15, -0.1) is 0 Å². The Balaban J connectivity index is 2.47. The lowest BCUT2D eigenvalue weighted by atomic mass is 10.1. The summed E-state index contributed by atoms with van der Waals surface area (Å²) >= 11 is 0. The van der Waals surface area contributed by atoms with Gasteiger partial charge in [-0.05, 0) is 19.1 Å². The molecule has 0 aliphatic heterocycles. The van der Waals surface area contributed by atoms with Gasteiger partial charge < -0.3 is 19.8 Å². The minimum Gasteiger partial charge on any atom is -0.497 e. The van der Waals surface area contributed by atoms with E-state index in [-0.39, 0.29) is 0 Å². The highest BCUT2D eigenvalue weighted by molar-refractivity contribution is 5.90. The van der Waals surface area contributed by atoms with Crippen LogP contribution in [0.5, 0.6) is 5.75 Å². The number of fused-ring (bicyclic) bond motifs is 1. The molecule has 5 heteroatoms. The number of aryl methyl sites for hydroxylation is 1. The summed E-state index contributed by atoms with van der Waals surface area (Å²) in [6.07, 6.45) is 1.85. The van der Waals surface area contributed by atoms with Gasteiger partial charge >= 0.3 is 5.97 Å². The van der Waals surface area contributed by atoms with Crippen LogP contribution in [0, 0.1) is 0 Å². The van der Waals surface area contributed by atoms with E-state index < -0.39 is 12.0 Å². The van der Waals surface area contributed by atoms with E-state index in [1.54, 1.807) is 14.0 Å². The molecule has 19 heavy (non-hydrogen) atoms. The fourth-order valence-electron chi connectivity index (χ4n) is 2.13. The molecule has 0 fully saturated rings. The molecule has 0 amide bonds. The molecular formula is C14H18N2O3. The maximum Gasteiger partial charge on any atom is 0.327 e. The molecule has 5 nitrogen and oxygen atoms in total. The second-order valence-corrected chi connectivity index (χ2v) is 4.31. The number of nitrogens with zero attached hydrogens (tertiary/aromatic N) is 1. The van der Waals surface area contributed by atoms with Crippen molar-refractivity contribution in [2.24, 2.45) is 12.8 Å². The number of methoxy groups -OCH3 is 1. The van der Waals surface area contributed by atoms with Crippen molar-refractivity contribution >= 4 is 16.9 Å². The molecule has 0 saturated heterocycles. The molecule has 102 valence electrons. The SMILES string of the molecule is CCOC(=O)C(N)c1cn(C)c2cc(OC)ccc12. The van der Waals surface area contributed by atoms with Gasteiger partial charge in [-0.3, -0.25) is 0 Å². The van der Waals surface area contributed by atoms with Crippen LogP contribution in [-0.2, 0) is 16.6 Å². The maximum absolute atomic E-state index is 11.7. The smallest absolute Gasteiger partial charge is 0.327 e. The van der Waals surface area contributed by atoms with E-state index in [0.717, 1.165) is 22.2 Å². The van der Waals surface area contributed by atoms with Crippen LogP contribution in [-0.4, -0.2) is 24.3 Å². The summed E-state index contributed by atoms with van der Waals surface area (Å²) in [4.78, 5) is 11.7. The van der Waals surface area contributed by atoms with Crippen molar-refractivity contribution in [3.63, 3.8) is 0 Å². The molecule has 0 aliphatic carbocycles. The van der Waals surface area contributed by atoms with Crippen molar-refractivity contribution in [1.29, 1.82) is 0 Å². The van der Waals surface area contributed by atoms with E-state index in [1.165, 1.54) is 0 Å². The van der Waals surface area contributed by atoms with Crippen LogP contribution in [0.4, 0.5) is 0 Å². The Morgan fingerprint density at radius 2 is 2.21 bits per heavy atom. The highest BCUT2D eigenvalue weighted by atomic mass is 16.5. The van der Waals surface area contributed by atoms with Gasteiger partial charge in [-0.2, -0.15) is 0 Å². The lowest BCUT2D eigenvalue weighted by Crippen LogP contribution is -2.23. The van der Waals surface area contributed by atoms with Crippen LogP contribution in [0.2, 0.25) is 0 Å². The molecule has 0 spiro atoms. The number of benzene rings is 1. The maximum atomic E-state index is 11.7. The summed E-state index contributed by atoms with van der Waals surface area (Å²) in [5, 5.41) is 0.934. The third-order valence-electron chi connectivity index (χ3n) is 3.10. The van der Waals surface area contributed by atoms with Crippen molar-refractivity contribution in [3.8, 4) is 5.75 Å². The van der Waals surface area contributed by atoms with E-state index in [2.05, 4.69) is 0 Å². The number of ether oxygens (including phenoxy) is 2. The Labute approximate surface area is 111 Å². The lowest BCUT2D eigenvalue weighted by molar-refractivity contribution is -0.144. The Kier molecular flexibility index (Phi) is 3.76. The van der Waals surface area contributed by atoms with Crippen molar-refractivity contribution in [3.05, 3.63) is 30.0 Å². The normalized spacial score (nSPS) is 12.4. The molecule has 0 aliphatic rings. The standard InChI is InChI=1S/C14H18N2O3/c1-4-19-14(17)13(15)11-8-16(2)12-7-9(18-3)5-6-10(11)12/h5-8,13H,4,15H2,1-3H3. The third kappa shape index (κ3) is 2.42. The van der Waals surface area contributed by atoms with Crippen LogP contribution < -0.4 is 10.5 Å². The zero-order valence-electron chi connectivity index (χ0n) is 11.3. The van der Waals surface area contributed by atoms with Gasteiger partial charge in [0.15, 0.2) is 0 Å². The van der Waals surface area contributed by atoms with Crippen LogP contribution in [0.15, 0.2) is 24.4 Å². The topological polar surface area (TPSA) is 66.5 Å². The van der Waals surface area contributed by atoms with Gasteiger partial charge in [0.1, 0.15) is 11.8 Å². The van der Waals surface area contributed by atoms with Crippen molar-refractivity contribution in [2.45, 2.75) is 13.0 Å². The number of hydrogen-bond acceptors (Lipinski definition) is 4. The summed E-state index contributed by atoms with van der Waals surface area (Å²) in [6.45, 7) is 2.09. The zero-order chi connectivity index (χ0) is 14.0. The zero-order valence-corrected chi connectivity index (χ0v) is 11.3.